The molecule has 0 aromatic rings. The SMILES string of the molecule is N.NOS(=O)(=O)O. The van der Waals surface area contributed by atoms with Crippen LogP contribution >= 0.6 is 0 Å². The smallest absolute Gasteiger partial charge is 0.344 e. The van der Waals surface area contributed by atoms with Crippen LogP contribution in [0.15, 0.2) is 0 Å². The van der Waals surface area contributed by atoms with Gasteiger partial charge in [-0.15, -0.1) is 0 Å². The molecule has 0 amide bonds. The van der Waals surface area contributed by atoms with Crippen LogP contribution in [0.25, 0.3) is 0 Å². The minimum Gasteiger partial charge on any atom is -0.344 e. The number of rotatable bonds is 1. The van der Waals surface area contributed by atoms with Gasteiger partial charge in [0, 0.05) is 0 Å². The van der Waals surface area contributed by atoms with E-state index in [1.54, 1.807) is 0 Å². The first kappa shape index (κ1) is 9.92. The lowest BCUT2D eigenvalue weighted by Crippen LogP contribution is -2.08. The molecule has 0 fully saturated rings. The van der Waals surface area contributed by atoms with E-state index in [1.807, 2.05) is 0 Å². The number of hydrogen-bond acceptors (Lipinski definition) is 5. The summed E-state index contributed by atoms with van der Waals surface area (Å²) in [6, 6.07) is 0. The maximum absolute atomic E-state index is 9.21. The third-order valence-corrected chi connectivity index (χ3v) is 0.365. The fourth-order valence-electron chi connectivity index (χ4n) is 0. The second kappa shape index (κ2) is 2.88. The molecule has 0 spiro atoms. The molecule has 0 aliphatic carbocycles. The Bertz CT molecular complexity index is 112. The first-order valence-electron chi connectivity index (χ1n) is 0.918. The molecule has 0 aliphatic heterocycles. The van der Waals surface area contributed by atoms with Gasteiger partial charge in [0.1, 0.15) is 0 Å². The molecule has 0 saturated carbocycles. The standard InChI is InChI=1S/H3NO4S.H3N/c1-5-6(2,3)4;/h1H2,(H,2,3,4);1H3. The van der Waals surface area contributed by atoms with E-state index in [0.717, 1.165) is 0 Å². The highest BCUT2D eigenvalue weighted by Gasteiger charge is 1.95. The predicted molar refractivity (Wildman–Crippen MR) is 21.8 cm³/mol. The molecule has 7 heavy (non-hydrogen) atoms. The lowest BCUT2D eigenvalue weighted by molar-refractivity contribution is 0.277. The fourth-order valence-corrected chi connectivity index (χ4v) is 0. The Morgan fingerprint density at radius 2 is 1.71 bits per heavy atom. The van der Waals surface area contributed by atoms with Crippen molar-refractivity contribution in [2.75, 3.05) is 0 Å². The molecule has 0 rings (SSSR count). The average molecular weight is 130 g/mol. The van der Waals surface area contributed by atoms with Gasteiger partial charge in [0.2, 0.25) is 0 Å². The Hall–Kier alpha value is -0.210. The topological polar surface area (TPSA) is 125 Å². The summed E-state index contributed by atoms with van der Waals surface area (Å²) in [5.41, 5.74) is 0. The molecular weight excluding hydrogens is 124 g/mol. The first-order valence-corrected chi connectivity index (χ1v) is 2.28. The Morgan fingerprint density at radius 3 is 1.71 bits per heavy atom. The zero-order valence-corrected chi connectivity index (χ0v) is 4.18. The Morgan fingerprint density at radius 1 is 1.57 bits per heavy atom. The van der Waals surface area contributed by atoms with Gasteiger partial charge in [0.25, 0.3) is 0 Å². The highest BCUT2D eigenvalue weighted by molar-refractivity contribution is 7.80. The van der Waals surface area contributed by atoms with Gasteiger partial charge in [0.05, 0.1) is 0 Å². The molecule has 0 aromatic carbocycles. The Labute approximate surface area is 40.8 Å². The minimum absolute atomic E-state index is 0. The van der Waals surface area contributed by atoms with Crippen molar-refractivity contribution < 1.29 is 17.3 Å². The molecule has 0 aliphatic rings. The highest BCUT2D eigenvalue weighted by atomic mass is 32.3. The van der Waals surface area contributed by atoms with E-state index >= 15 is 0 Å². The third kappa shape index (κ3) is 10.7. The fraction of sp³-hybridized carbons (Fsp3) is 0. The maximum Gasteiger partial charge on any atom is 0.413 e. The van der Waals surface area contributed by atoms with Crippen molar-refractivity contribution >= 4 is 10.4 Å². The second-order valence-corrected chi connectivity index (χ2v) is 1.57. The van der Waals surface area contributed by atoms with Gasteiger partial charge >= 0.3 is 10.4 Å². The van der Waals surface area contributed by atoms with Crippen molar-refractivity contribution in [1.82, 2.24) is 6.15 Å². The molecule has 0 aromatic heterocycles. The number of nitrogens with two attached hydrogens (primary N) is 1. The summed E-state index contributed by atoms with van der Waals surface area (Å²) in [4.78, 5) is 0. The molecule has 7 heteroatoms. The normalized spacial score (nSPS) is 10.0. The van der Waals surface area contributed by atoms with Gasteiger partial charge in [0.15, 0.2) is 0 Å². The first-order chi connectivity index (χ1) is 2.56. The molecule has 0 heterocycles. The monoisotopic (exact) mass is 130 g/mol. The van der Waals surface area contributed by atoms with Gasteiger partial charge in [-0.2, -0.15) is 18.6 Å². The van der Waals surface area contributed by atoms with Gasteiger partial charge in [-0.05, 0) is 0 Å². The maximum atomic E-state index is 9.21. The highest BCUT2D eigenvalue weighted by Crippen LogP contribution is 1.70. The molecule has 6 N–H and O–H groups in total. The van der Waals surface area contributed by atoms with E-state index in [-0.39, 0.29) is 6.15 Å². The van der Waals surface area contributed by atoms with Crippen LogP contribution in [0.1, 0.15) is 0 Å². The molecule has 0 radical (unpaired) electrons. The Kier molecular flexibility index (Phi) is 4.08. The van der Waals surface area contributed by atoms with Crippen molar-refractivity contribution in [3.63, 3.8) is 0 Å². The van der Waals surface area contributed by atoms with Crippen molar-refractivity contribution in [3.8, 4) is 0 Å². The Balaban J connectivity index is 0. The lowest BCUT2D eigenvalue weighted by Gasteiger charge is -1.81. The summed E-state index contributed by atoms with van der Waals surface area (Å²) in [6.45, 7) is 0. The summed E-state index contributed by atoms with van der Waals surface area (Å²) in [5.74, 6) is 3.97. The molecule has 0 atom stereocenters. The summed E-state index contributed by atoms with van der Waals surface area (Å²) in [6.07, 6.45) is 0. The minimum atomic E-state index is -4.38. The van der Waals surface area contributed by atoms with Gasteiger partial charge in [-0.1, -0.05) is 0 Å². The average Bonchev–Trinajstić information content (AvgIpc) is 1.35. The predicted octanol–water partition coefficient (Wildman–Crippen LogP) is -1.16. The van der Waals surface area contributed by atoms with E-state index in [2.05, 4.69) is 10.2 Å². The zero-order chi connectivity index (χ0) is 5.21. The molecule has 6 nitrogen and oxygen atoms in total. The second-order valence-electron chi connectivity index (χ2n) is 0.524. The van der Waals surface area contributed by atoms with Gasteiger partial charge in [-0.3, -0.25) is 4.55 Å². The summed E-state index contributed by atoms with van der Waals surface area (Å²) >= 11 is 0. The van der Waals surface area contributed by atoms with Crippen LogP contribution < -0.4 is 12.0 Å². The van der Waals surface area contributed by atoms with E-state index in [1.165, 1.54) is 0 Å². The van der Waals surface area contributed by atoms with E-state index < -0.39 is 10.4 Å². The van der Waals surface area contributed by atoms with Crippen LogP contribution in [0.2, 0.25) is 0 Å². The van der Waals surface area contributed by atoms with Crippen molar-refractivity contribution in [2.24, 2.45) is 5.90 Å². The van der Waals surface area contributed by atoms with Crippen molar-refractivity contribution in [3.05, 3.63) is 0 Å². The van der Waals surface area contributed by atoms with E-state index in [0.29, 0.717) is 0 Å². The quantitative estimate of drug-likeness (QED) is 0.303. The van der Waals surface area contributed by atoms with Crippen LogP contribution in [-0.2, 0) is 14.7 Å². The van der Waals surface area contributed by atoms with Crippen LogP contribution in [-0.4, -0.2) is 13.0 Å². The summed E-state index contributed by atoms with van der Waals surface area (Å²) in [5, 5.41) is 0. The zero-order valence-electron chi connectivity index (χ0n) is 3.36. The van der Waals surface area contributed by atoms with Crippen LogP contribution in [0.3, 0.4) is 0 Å². The van der Waals surface area contributed by atoms with E-state index in [9.17, 15) is 8.42 Å². The number of hydrogen-bond donors (Lipinski definition) is 3. The van der Waals surface area contributed by atoms with Gasteiger partial charge in [-0.25, -0.2) is 0 Å². The van der Waals surface area contributed by atoms with Crippen LogP contribution in [0.5, 0.6) is 0 Å². The largest absolute Gasteiger partial charge is 0.413 e. The van der Waals surface area contributed by atoms with Crippen molar-refractivity contribution in [1.29, 1.82) is 0 Å². The van der Waals surface area contributed by atoms with E-state index in [4.69, 9.17) is 4.55 Å². The summed E-state index contributed by atoms with van der Waals surface area (Å²) in [7, 11) is -4.38. The third-order valence-electron chi connectivity index (χ3n) is 0.122. The van der Waals surface area contributed by atoms with Crippen LogP contribution in [0, 0.1) is 0 Å². The summed E-state index contributed by atoms with van der Waals surface area (Å²) < 4.78 is 28.8. The van der Waals surface area contributed by atoms with Crippen LogP contribution in [0.4, 0.5) is 0 Å². The molecule has 0 unspecified atom stereocenters. The lowest BCUT2D eigenvalue weighted by atomic mass is 13.6. The van der Waals surface area contributed by atoms with Gasteiger partial charge < -0.3 is 6.15 Å². The molecule has 0 bridgehead atoms. The molecular formula is H6N2O4S. The molecule has 46 valence electrons. The molecule has 0 saturated heterocycles. The van der Waals surface area contributed by atoms with Crippen molar-refractivity contribution in [2.45, 2.75) is 0 Å².